The number of rotatable bonds is 3. The van der Waals surface area contributed by atoms with Crippen molar-refractivity contribution in [1.29, 1.82) is 0 Å². The molecule has 0 spiro atoms. The summed E-state index contributed by atoms with van der Waals surface area (Å²) in [7, 11) is 1.61. The van der Waals surface area contributed by atoms with Gasteiger partial charge in [0.1, 0.15) is 5.75 Å². The fraction of sp³-hybridized carbons (Fsp3) is 0.231. The Bertz CT molecular complexity index is 546. The second-order valence-corrected chi connectivity index (χ2v) is 6.41. The van der Waals surface area contributed by atoms with E-state index in [1.165, 1.54) is 11.3 Å². The summed E-state index contributed by atoms with van der Waals surface area (Å²) in [6.07, 6.45) is 0. The van der Waals surface area contributed by atoms with Crippen molar-refractivity contribution in [1.82, 2.24) is 0 Å². The molecule has 1 aromatic carbocycles. The molecule has 0 amide bonds. The lowest BCUT2D eigenvalue weighted by molar-refractivity contribution is 0.410. The molecule has 2 rings (SSSR count). The summed E-state index contributed by atoms with van der Waals surface area (Å²) in [5.41, 5.74) is 1.88. The third-order valence-electron chi connectivity index (χ3n) is 2.59. The van der Waals surface area contributed by atoms with Gasteiger partial charge in [-0.2, -0.15) is 0 Å². The van der Waals surface area contributed by atoms with Crippen LogP contribution in [0.1, 0.15) is 21.4 Å². The molecule has 0 fully saturated rings. The Morgan fingerprint density at radius 1 is 1.22 bits per heavy atom. The van der Waals surface area contributed by atoms with Gasteiger partial charge < -0.3 is 4.74 Å². The number of methoxy groups -OCH3 is 1. The molecular formula is C13H11Cl3OS. The second-order valence-electron chi connectivity index (χ2n) is 3.85. The minimum atomic E-state index is -0.310. The summed E-state index contributed by atoms with van der Waals surface area (Å²) in [5.74, 6) is 0.724. The van der Waals surface area contributed by atoms with Crippen molar-refractivity contribution in [3.8, 4) is 5.75 Å². The van der Waals surface area contributed by atoms with Gasteiger partial charge in [-0.1, -0.05) is 23.2 Å². The van der Waals surface area contributed by atoms with E-state index < -0.39 is 0 Å². The van der Waals surface area contributed by atoms with Crippen molar-refractivity contribution in [2.45, 2.75) is 12.3 Å². The summed E-state index contributed by atoms with van der Waals surface area (Å²) >= 11 is 20.0. The first kappa shape index (κ1) is 14.0. The molecule has 96 valence electrons. The van der Waals surface area contributed by atoms with Crippen LogP contribution in [0.2, 0.25) is 9.36 Å². The van der Waals surface area contributed by atoms with Gasteiger partial charge in [-0.05, 0) is 36.8 Å². The maximum atomic E-state index is 6.49. The maximum Gasteiger partial charge on any atom is 0.124 e. The fourth-order valence-corrected chi connectivity index (χ4v) is 3.43. The predicted octanol–water partition coefficient (Wildman–Crippen LogP) is 5.70. The molecule has 18 heavy (non-hydrogen) atoms. The molecule has 0 aliphatic heterocycles. The molecule has 1 nitrogen and oxygen atoms in total. The summed E-state index contributed by atoms with van der Waals surface area (Å²) in [5, 5.41) is 0.325. The molecule has 1 aromatic heterocycles. The zero-order chi connectivity index (χ0) is 13.3. The van der Waals surface area contributed by atoms with E-state index in [-0.39, 0.29) is 5.38 Å². The van der Waals surface area contributed by atoms with Gasteiger partial charge in [0, 0.05) is 15.5 Å². The van der Waals surface area contributed by atoms with E-state index in [1.807, 2.05) is 25.1 Å². The standard InChI is InChI=1S/C13H11Cl3OS/c1-7-5-11(18-13(7)16)12(15)9-6-8(14)3-4-10(9)17-2/h3-6,12H,1-2H3. The van der Waals surface area contributed by atoms with Crippen molar-refractivity contribution >= 4 is 46.1 Å². The highest BCUT2D eigenvalue weighted by Gasteiger charge is 2.19. The maximum absolute atomic E-state index is 6.49. The van der Waals surface area contributed by atoms with Crippen molar-refractivity contribution in [2.24, 2.45) is 0 Å². The number of hydrogen-bond acceptors (Lipinski definition) is 2. The Hall–Kier alpha value is -0.410. The zero-order valence-corrected chi connectivity index (χ0v) is 12.9. The smallest absolute Gasteiger partial charge is 0.124 e. The lowest BCUT2D eigenvalue weighted by Crippen LogP contribution is -1.95. The molecule has 2 aromatic rings. The molecule has 1 unspecified atom stereocenters. The van der Waals surface area contributed by atoms with E-state index in [2.05, 4.69) is 0 Å². The van der Waals surface area contributed by atoms with Crippen molar-refractivity contribution in [3.63, 3.8) is 0 Å². The van der Waals surface area contributed by atoms with E-state index in [9.17, 15) is 0 Å². The Morgan fingerprint density at radius 3 is 2.50 bits per heavy atom. The quantitative estimate of drug-likeness (QED) is 0.659. The monoisotopic (exact) mass is 320 g/mol. The molecule has 0 bridgehead atoms. The van der Waals surface area contributed by atoms with Gasteiger partial charge in [0.05, 0.1) is 16.8 Å². The lowest BCUT2D eigenvalue weighted by Gasteiger charge is -2.13. The van der Waals surface area contributed by atoms with Crippen molar-refractivity contribution < 1.29 is 4.74 Å². The molecule has 5 heteroatoms. The minimum absolute atomic E-state index is 0.310. The minimum Gasteiger partial charge on any atom is -0.496 e. The fourth-order valence-electron chi connectivity index (χ4n) is 1.66. The Morgan fingerprint density at radius 2 is 1.94 bits per heavy atom. The summed E-state index contributed by atoms with van der Waals surface area (Å²) in [4.78, 5) is 0.986. The second kappa shape index (κ2) is 5.70. The first-order valence-corrected chi connectivity index (χ1v) is 7.27. The van der Waals surface area contributed by atoms with Crippen LogP contribution < -0.4 is 4.74 Å². The Labute approximate surface area is 125 Å². The highest BCUT2D eigenvalue weighted by atomic mass is 35.5. The molecule has 0 saturated carbocycles. The molecule has 0 aliphatic carbocycles. The summed E-state index contributed by atoms with van der Waals surface area (Å²) < 4.78 is 6.07. The van der Waals surface area contributed by atoms with Crippen LogP contribution >= 0.6 is 46.1 Å². The van der Waals surface area contributed by atoms with Crippen molar-refractivity contribution in [2.75, 3.05) is 7.11 Å². The largest absolute Gasteiger partial charge is 0.496 e. The van der Waals surface area contributed by atoms with Gasteiger partial charge >= 0.3 is 0 Å². The number of hydrogen-bond donors (Lipinski definition) is 0. The van der Waals surface area contributed by atoms with Crippen molar-refractivity contribution in [3.05, 3.63) is 49.6 Å². The molecule has 0 N–H and O–H groups in total. The number of halogens is 3. The topological polar surface area (TPSA) is 9.23 Å². The SMILES string of the molecule is COc1ccc(Cl)cc1C(Cl)c1cc(C)c(Cl)s1. The van der Waals surface area contributed by atoms with Crippen LogP contribution in [0, 0.1) is 6.92 Å². The first-order valence-electron chi connectivity index (χ1n) is 5.26. The van der Waals surface area contributed by atoms with Crippen LogP contribution in [0.3, 0.4) is 0 Å². The molecular weight excluding hydrogens is 311 g/mol. The number of alkyl halides is 1. The molecule has 0 aliphatic rings. The average molecular weight is 322 g/mol. The van der Waals surface area contributed by atoms with E-state index in [4.69, 9.17) is 39.5 Å². The first-order chi connectivity index (χ1) is 8.52. The van der Waals surface area contributed by atoms with Crippen LogP contribution in [-0.2, 0) is 0 Å². The van der Waals surface area contributed by atoms with Crippen LogP contribution in [0.25, 0.3) is 0 Å². The van der Waals surface area contributed by atoms with Crippen LogP contribution in [0.4, 0.5) is 0 Å². The average Bonchev–Trinajstić information content (AvgIpc) is 2.68. The van der Waals surface area contributed by atoms with Crippen LogP contribution in [0.15, 0.2) is 24.3 Å². The van der Waals surface area contributed by atoms with Gasteiger partial charge in [0.15, 0.2) is 0 Å². The molecule has 0 saturated heterocycles. The molecule has 0 radical (unpaired) electrons. The van der Waals surface area contributed by atoms with Crippen LogP contribution in [-0.4, -0.2) is 7.11 Å². The number of aryl methyl sites for hydroxylation is 1. The van der Waals surface area contributed by atoms with Crippen LogP contribution in [0.5, 0.6) is 5.75 Å². The highest BCUT2D eigenvalue weighted by molar-refractivity contribution is 7.16. The van der Waals surface area contributed by atoms with Gasteiger partial charge in [-0.25, -0.2) is 0 Å². The zero-order valence-electron chi connectivity index (χ0n) is 9.84. The van der Waals surface area contributed by atoms with E-state index >= 15 is 0 Å². The van der Waals surface area contributed by atoms with Gasteiger partial charge in [0.25, 0.3) is 0 Å². The molecule has 1 heterocycles. The molecule has 1 atom stereocenters. The van der Waals surface area contributed by atoms with E-state index in [0.717, 1.165) is 26.1 Å². The van der Waals surface area contributed by atoms with Gasteiger partial charge in [-0.15, -0.1) is 22.9 Å². The summed E-state index contributed by atoms with van der Waals surface area (Å²) in [6.45, 7) is 1.96. The Kier molecular flexibility index (Phi) is 4.44. The van der Waals surface area contributed by atoms with E-state index in [1.54, 1.807) is 13.2 Å². The normalized spacial score (nSPS) is 12.5. The third-order valence-corrected chi connectivity index (χ3v) is 5.05. The third kappa shape index (κ3) is 2.77. The number of ether oxygens (including phenoxy) is 1. The highest BCUT2D eigenvalue weighted by Crippen LogP contribution is 2.41. The summed E-state index contributed by atoms with van der Waals surface area (Å²) in [6, 6.07) is 7.40. The predicted molar refractivity (Wildman–Crippen MR) is 79.8 cm³/mol. The Balaban J connectivity index is 2.44. The van der Waals surface area contributed by atoms with E-state index in [0.29, 0.717) is 5.02 Å². The van der Waals surface area contributed by atoms with Gasteiger partial charge in [0.2, 0.25) is 0 Å². The number of benzene rings is 1. The van der Waals surface area contributed by atoms with Gasteiger partial charge in [-0.3, -0.25) is 0 Å². The lowest BCUT2D eigenvalue weighted by atomic mass is 10.1. The number of thiophene rings is 1.